The zero-order valence-electron chi connectivity index (χ0n) is 10.9. The molecule has 1 atom stereocenters. The summed E-state index contributed by atoms with van der Waals surface area (Å²) < 4.78 is 14.7. The summed E-state index contributed by atoms with van der Waals surface area (Å²) >= 11 is 3.40. The summed E-state index contributed by atoms with van der Waals surface area (Å²) in [7, 11) is 2.15. The molecule has 0 bridgehead atoms. The van der Waals surface area contributed by atoms with E-state index in [1.807, 2.05) is 13.0 Å². The summed E-state index contributed by atoms with van der Waals surface area (Å²) in [5.41, 5.74) is 0.739. The quantitative estimate of drug-likeness (QED) is 0.920. The SMILES string of the molecule is C[C@H](NC1CCN(C)CC1)c1cc(Br)ccc1F. The van der Waals surface area contributed by atoms with Crippen LogP contribution in [0.15, 0.2) is 22.7 Å². The number of nitrogens with one attached hydrogen (secondary N) is 1. The molecule has 1 aliphatic heterocycles. The second-order valence-corrected chi connectivity index (χ2v) is 6.05. The van der Waals surface area contributed by atoms with Gasteiger partial charge < -0.3 is 10.2 Å². The number of piperidine rings is 1. The summed E-state index contributed by atoms with van der Waals surface area (Å²) in [4.78, 5) is 2.34. The molecule has 1 aromatic carbocycles. The molecule has 18 heavy (non-hydrogen) atoms. The van der Waals surface area contributed by atoms with E-state index in [1.54, 1.807) is 6.07 Å². The highest BCUT2D eigenvalue weighted by atomic mass is 79.9. The van der Waals surface area contributed by atoms with E-state index in [0.717, 1.165) is 36.0 Å². The Labute approximate surface area is 117 Å². The monoisotopic (exact) mass is 314 g/mol. The van der Waals surface area contributed by atoms with Gasteiger partial charge in [-0.2, -0.15) is 0 Å². The third-order valence-corrected chi connectivity index (χ3v) is 4.12. The molecule has 0 radical (unpaired) electrons. The molecule has 0 unspecified atom stereocenters. The molecule has 0 saturated carbocycles. The number of halogens is 2. The van der Waals surface area contributed by atoms with Crippen molar-refractivity contribution in [1.82, 2.24) is 10.2 Å². The van der Waals surface area contributed by atoms with Crippen molar-refractivity contribution in [2.45, 2.75) is 31.8 Å². The normalized spacial score (nSPS) is 20.0. The minimum Gasteiger partial charge on any atom is -0.307 e. The van der Waals surface area contributed by atoms with Gasteiger partial charge in [0.1, 0.15) is 5.82 Å². The Morgan fingerprint density at radius 3 is 2.72 bits per heavy atom. The molecule has 0 spiro atoms. The summed E-state index contributed by atoms with van der Waals surface area (Å²) in [5, 5.41) is 3.54. The van der Waals surface area contributed by atoms with Crippen LogP contribution in [0, 0.1) is 5.82 Å². The second-order valence-electron chi connectivity index (χ2n) is 5.13. The largest absolute Gasteiger partial charge is 0.307 e. The molecule has 2 rings (SSSR count). The lowest BCUT2D eigenvalue weighted by molar-refractivity contribution is 0.226. The van der Waals surface area contributed by atoms with Gasteiger partial charge >= 0.3 is 0 Å². The molecule has 1 saturated heterocycles. The van der Waals surface area contributed by atoms with Gasteiger partial charge in [0.05, 0.1) is 0 Å². The minimum atomic E-state index is -0.133. The van der Waals surface area contributed by atoms with E-state index in [1.165, 1.54) is 6.07 Å². The average molecular weight is 315 g/mol. The first-order valence-electron chi connectivity index (χ1n) is 6.46. The number of likely N-dealkylation sites (tertiary alicyclic amines) is 1. The number of nitrogens with zero attached hydrogens (tertiary/aromatic N) is 1. The molecular weight excluding hydrogens is 295 g/mol. The van der Waals surface area contributed by atoms with E-state index in [2.05, 4.69) is 33.2 Å². The lowest BCUT2D eigenvalue weighted by Gasteiger charge is -2.31. The van der Waals surface area contributed by atoms with Crippen molar-refractivity contribution in [2.24, 2.45) is 0 Å². The first kappa shape index (κ1) is 14.0. The fraction of sp³-hybridized carbons (Fsp3) is 0.571. The van der Waals surface area contributed by atoms with E-state index >= 15 is 0 Å². The maximum atomic E-state index is 13.8. The van der Waals surface area contributed by atoms with Crippen molar-refractivity contribution in [1.29, 1.82) is 0 Å². The van der Waals surface area contributed by atoms with Crippen LogP contribution in [0.2, 0.25) is 0 Å². The van der Waals surface area contributed by atoms with Crippen LogP contribution in [0.1, 0.15) is 31.4 Å². The van der Waals surface area contributed by atoms with Gasteiger partial charge in [0, 0.05) is 22.1 Å². The van der Waals surface area contributed by atoms with Crippen molar-refractivity contribution in [3.63, 3.8) is 0 Å². The van der Waals surface area contributed by atoms with Gasteiger partial charge in [-0.05, 0) is 58.1 Å². The first-order valence-corrected chi connectivity index (χ1v) is 7.25. The molecule has 1 fully saturated rings. The summed E-state index contributed by atoms with van der Waals surface area (Å²) in [6.45, 7) is 4.26. The second kappa shape index (κ2) is 6.13. The predicted octanol–water partition coefficient (Wildman–Crippen LogP) is 3.33. The Morgan fingerprint density at radius 1 is 1.39 bits per heavy atom. The van der Waals surface area contributed by atoms with E-state index in [0.29, 0.717) is 6.04 Å². The van der Waals surface area contributed by atoms with Crippen molar-refractivity contribution >= 4 is 15.9 Å². The molecule has 1 N–H and O–H groups in total. The van der Waals surface area contributed by atoms with E-state index in [9.17, 15) is 4.39 Å². The molecular formula is C14H20BrFN2. The van der Waals surface area contributed by atoms with Crippen LogP contribution >= 0.6 is 15.9 Å². The van der Waals surface area contributed by atoms with Crippen molar-refractivity contribution in [2.75, 3.05) is 20.1 Å². The lowest BCUT2D eigenvalue weighted by Crippen LogP contribution is -2.41. The van der Waals surface area contributed by atoms with E-state index in [4.69, 9.17) is 0 Å². The molecule has 1 aromatic rings. The maximum Gasteiger partial charge on any atom is 0.128 e. The third kappa shape index (κ3) is 3.53. The van der Waals surface area contributed by atoms with Gasteiger partial charge in [0.15, 0.2) is 0 Å². The topological polar surface area (TPSA) is 15.3 Å². The summed E-state index contributed by atoms with van der Waals surface area (Å²) in [5.74, 6) is -0.133. The molecule has 0 aliphatic carbocycles. The van der Waals surface area contributed by atoms with Crippen LogP contribution in [0.3, 0.4) is 0 Å². The van der Waals surface area contributed by atoms with Gasteiger partial charge in [0.2, 0.25) is 0 Å². The van der Waals surface area contributed by atoms with Gasteiger partial charge in [0.25, 0.3) is 0 Å². The Hall–Kier alpha value is -0.450. The van der Waals surface area contributed by atoms with Crippen molar-refractivity contribution in [3.05, 3.63) is 34.1 Å². The smallest absolute Gasteiger partial charge is 0.128 e. The molecule has 0 amide bonds. The third-order valence-electron chi connectivity index (χ3n) is 3.63. The Bertz CT molecular complexity index is 403. The molecule has 2 nitrogen and oxygen atoms in total. The summed E-state index contributed by atoms with van der Waals surface area (Å²) in [6.07, 6.45) is 2.27. The van der Waals surface area contributed by atoms with E-state index in [-0.39, 0.29) is 11.9 Å². The molecule has 1 heterocycles. The molecule has 1 aliphatic rings. The van der Waals surface area contributed by atoms with E-state index < -0.39 is 0 Å². The Kier molecular flexibility index (Phi) is 4.76. The Morgan fingerprint density at radius 2 is 2.06 bits per heavy atom. The molecule has 4 heteroatoms. The van der Waals surface area contributed by atoms with Crippen molar-refractivity contribution in [3.8, 4) is 0 Å². The minimum absolute atomic E-state index is 0.0518. The van der Waals surface area contributed by atoms with Crippen LogP contribution in [0.25, 0.3) is 0 Å². The number of hydrogen-bond donors (Lipinski definition) is 1. The van der Waals surface area contributed by atoms with Crippen LogP contribution in [0.5, 0.6) is 0 Å². The highest BCUT2D eigenvalue weighted by Gasteiger charge is 2.20. The fourth-order valence-electron chi connectivity index (χ4n) is 2.47. The number of benzene rings is 1. The fourth-order valence-corrected chi connectivity index (χ4v) is 2.84. The maximum absolute atomic E-state index is 13.8. The molecule has 0 aromatic heterocycles. The lowest BCUT2D eigenvalue weighted by atomic mass is 10.0. The molecule has 100 valence electrons. The average Bonchev–Trinajstić information content (AvgIpc) is 2.35. The zero-order valence-corrected chi connectivity index (χ0v) is 12.5. The van der Waals surface area contributed by atoms with Gasteiger partial charge in [-0.15, -0.1) is 0 Å². The Balaban J connectivity index is 1.98. The zero-order chi connectivity index (χ0) is 13.1. The predicted molar refractivity (Wildman–Crippen MR) is 76.2 cm³/mol. The van der Waals surface area contributed by atoms with Crippen molar-refractivity contribution < 1.29 is 4.39 Å². The van der Waals surface area contributed by atoms with Crippen LogP contribution < -0.4 is 5.32 Å². The van der Waals surface area contributed by atoms with Crippen LogP contribution in [-0.2, 0) is 0 Å². The van der Waals surface area contributed by atoms with Gasteiger partial charge in [-0.1, -0.05) is 15.9 Å². The highest BCUT2D eigenvalue weighted by Crippen LogP contribution is 2.23. The number of hydrogen-bond acceptors (Lipinski definition) is 2. The standard InChI is InChI=1S/C14H20BrFN2/c1-10(13-9-11(15)3-4-14(13)16)17-12-5-7-18(2)8-6-12/h3-4,9-10,12,17H,5-8H2,1-2H3/t10-/m0/s1. The highest BCUT2D eigenvalue weighted by molar-refractivity contribution is 9.10. The first-order chi connectivity index (χ1) is 8.56. The van der Waals surface area contributed by atoms with Gasteiger partial charge in [-0.3, -0.25) is 0 Å². The van der Waals surface area contributed by atoms with Crippen LogP contribution in [0.4, 0.5) is 4.39 Å². The summed E-state index contributed by atoms with van der Waals surface area (Å²) in [6, 6.07) is 5.67. The number of rotatable bonds is 3. The van der Waals surface area contributed by atoms with Crippen LogP contribution in [-0.4, -0.2) is 31.1 Å². The van der Waals surface area contributed by atoms with Gasteiger partial charge in [-0.25, -0.2) is 4.39 Å².